The first-order valence-corrected chi connectivity index (χ1v) is 8.35. The number of H-pyrrole nitrogens is 1. The highest BCUT2D eigenvalue weighted by molar-refractivity contribution is 9.10. The minimum Gasteiger partial charge on any atom is -0.481 e. The van der Waals surface area contributed by atoms with Gasteiger partial charge in [0, 0.05) is 20.9 Å². The van der Waals surface area contributed by atoms with Gasteiger partial charge in [0.1, 0.15) is 0 Å². The summed E-state index contributed by atoms with van der Waals surface area (Å²) in [6, 6.07) is 10.7. The first-order valence-electron chi connectivity index (χ1n) is 7.18. The Hall–Kier alpha value is -2.11. The fraction of sp³-hybridized carbons (Fsp3) is 0.111. The zero-order chi connectivity index (χ0) is 17.4. The van der Waals surface area contributed by atoms with Gasteiger partial charge in [-0.05, 0) is 52.2 Å². The summed E-state index contributed by atoms with van der Waals surface area (Å²) >= 11 is 9.44. The third kappa shape index (κ3) is 3.37. The third-order valence-corrected chi connectivity index (χ3v) is 4.89. The Balaban J connectivity index is 2.20. The molecule has 0 amide bonds. The smallest absolute Gasteiger partial charge is 0.307 e. The van der Waals surface area contributed by atoms with E-state index < -0.39 is 5.97 Å². The number of aliphatic carboxylic acids is 1. The third-order valence-electron chi connectivity index (χ3n) is 3.69. The van der Waals surface area contributed by atoms with Crippen LogP contribution in [0.2, 0.25) is 5.02 Å². The van der Waals surface area contributed by atoms with E-state index in [0.29, 0.717) is 27.2 Å². The van der Waals surface area contributed by atoms with Gasteiger partial charge in [0.15, 0.2) is 0 Å². The highest BCUT2D eigenvalue weighted by Gasteiger charge is 2.10. The van der Waals surface area contributed by atoms with Crippen LogP contribution in [0.3, 0.4) is 0 Å². The summed E-state index contributed by atoms with van der Waals surface area (Å²) in [5.41, 5.74) is 3.16. The van der Waals surface area contributed by atoms with Gasteiger partial charge in [-0.1, -0.05) is 35.4 Å². The van der Waals surface area contributed by atoms with E-state index in [2.05, 4.69) is 20.9 Å². The van der Waals surface area contributed by atoms with Crippen molar-refractivity contribution in [3.8, 4) is 11.1 Å². The van der Waals surface area contributed by atoms with Crippen molar-refractivity contribution >= 4 is 44.4 Å². The van der Waals surface area contributed by atoms with E-state index in [1.165, 1.54) is 0 Å². The number of aromatic nitrogens is 1. The summed E-state index contributed by atoms with van der Waals surface area (Å²) in [7, 11) is 0. The van der Waals surface area contributed by atoms with Crippen molar-refractivity contribution in [3.05, 3.63) is 67.4 Å². The molecular weight excluding hydrogens is 394 g/mol. The van der Waals surface area contributed by atoms with Crippen molar-refractivity contribution < 1.29 is 9.90 Å². The van der Waals surface area contributed by atoms with E-state index in [4.69, 9.17) is 16.7 Å². The molecule has 0 atom stereocenters. The molecule has 122 valence electrons. The number of carboxylic acids is 1. The number of halogens is 2. The first-order chi connectivity index (χ1) is 11.3. The molecule has 0 spiro atoms. The van der Waals surface area contributed by atoms with Crippen LogP contribution < -0.4 is 5.56 Å². The number of hydrogen-bond acceptors (Lipinski definition) is 2. The Morgan fingerprint density at radius 2 is 1.96 bits per heavy atom. The predicted octanol–water partition coefficient (Wildman–Crippen LogP) is 4.55. The highest BCUT2D eigenvalue weighted by Crippen LogP contribution is 2.29. The Bertz CT molecular complexity index is 1030. The fourth-order valence-electron chi connectivity index (χ4n) is 2.71. The van der Waals surface area contributed by atoms with E-state index in [1.807, 2.05) is 25.1 Å². The molecule has 2 N–H and O–H groups in total. The normalized spacial score (nSPS) is 11.0. The molecule has 6 heteroatoms. The van der Waals surface area contributed by atoms with Crippen molar-refractivity contribution in [1.82, 2.24) is 4.98 Å². The lowest BCUT2D eigenvalue weighted by Gasteiger charge is -2.08. The van der Waals surface area contributed by atoms with Crippen LogP contribution in [0, 0.1) is 6.92 Å². The Labute approximate surface area is 151 Å². The number of nitrogens with one attached hydrogen (secondary N) is 1. The second-order valence-corrected chi connectivity index (χ2v) is 6.91. The predicted molar refractivity (Wildman–Crippen MR) is 98.8 cm³/mol. The van der Waals surface area contributed by atoms with Gasteiger partial charge in [-0.2, -0.15) is 0 Å². The molecule has 3 aromatic rings. The van der Waals surface area contributed by atoms with Gasteiger partial charge in [-0.25, -0.2) is 0 Å². The Morgan fingerprint density at radius 1 is 1.21 bits per heavy atom. The second kappa shape index (κ2) is 6.42. The van der Waals surface area contributed by atoms with Crippen LogP contribution in [0.25, 0.3) is 22.0 Å². The number of hydrogen-bond donors (Lipinski definition) is 2. The van der Waals surface area contributed by atoms with E-state index in [-0.39, 0.29) is 12.0 Å². The van der Waals surface area contributed by atoms with Crippen molar-refractivity contribution in [2.24, 2.45) is 0 Å². The van der Waals surface area contributed by atoms with Crippen LogP contribution >= 0.6 is 27.5 Å². The SMILES string of the molecule is Cc1cc(CC(=O)O)cc(-c2cc3cc(Br)c(Cl)cc3[nH]c2=O)c1. The molecule has 0 aliphatic rings. The van der Waals surface area contributed by atoms with Gasteiger partial charge in [0.25, 0.3) is 5.56 Å². The Morgan fingerprint density at radius 3 is 2.67 bits per heavy atom. The summed E-state index contributed by atoms with van der Waals surface area (Å²) in [5, 5.41) is 10.3. The molecule has 0 saturated heterocycles. The molecule has 0 unspecified atom stereocenters. The number of aromatic amines is 1. The first kappa shape index (κ1) is 16.7. The van der Waals surface area contributed by atoms with Gasteiger partial charge in [0.2, 0.25) is 0 Å². The van der Waals surface area contributed by atoms with Crippen molar-refractivity contribution in [1.29, 1.82) is 0 Å². The largest absolute Gasteiger partial charge is 0.481 e. The molecule has 1 aromatic heterocycles. The van der Waals surface area contributed by atoms with Crippen LogP contribution in [0.15, 0.2) is 45.7 Å². The van der Waals surface area contributed by atoms with Crippen LogP contribution in [0.1, 0.15) is 11.1 Å². The van der Waals surface area contributed by atoms with Gasteiger partial charge in [0.05, 0.1) is 11.4 Å². The monoisotopic (exact) mass is 405 g/mol. The van der Waals surface area contributed by atoms with Crippen molar-refractivity contribution in [3.63, 3.8) is 0 Å². The molecule has 0 bridgehead atoms. The molecule has 1 heterocycles. The summed E-state index contributed by atoms with van der Waals surface area (Å²) in [6.45, 7) is 1.88. The molecule has 0 saturated carbocycles. The topological polar surface area (TPSA) is 70.2 Å². The maximum atomic E-state index is 12.4. The number of carboxylic acid groups (broad SMARTS) is 1. The van der Waals surface area contributed by atoms with Crippen LogP contribution in [0.5, 0.6) is 0 Å². The molecule has 4 nitrogen and oxygen atoms in total. The lowest BCUT2D eigenvalue weighted by atomic mass is 9.99. The molecular formula is C18H13BrClNO3. The van der Waals surface area contributed by atoms with E-state index in [9.17, 15) is 9.59 Å². The quantitative estimate of drug-likeness (QED) is 0.670. The lowest BCUT2D eigenvalue weighted by molar-refractivity contribution is -0.136. The molecule has 3 rings (SSSR count). The zero-order valence-corrected chi connectivity index (χ0v) is 15.0. The highest BCUT2D eigenvalue weighted by atomic mass is 79.9. The van der Waals surface area contributed by atoms with Crippen LogP contribution in [0.4, 0.5) is 0 Å². The average molecular weight is 407 g/mol. The lowest BCUT2D eigenvalue weighted by Crippen LogP contribution is -2.09. The van der Waals surface area contributed by atoms with Crippen molar-refractivity contribution in [2.45, 2.75) is 13.3 Å². The minimum atomic E-state index is -0.905. The standard InChI is InChI=1S/C18H13BrClNO3/c1-9-2-10(5-17(22)23)4-11(3-9)13-6-12-7-14(19)15(20)8-16(12)21-18(13)24/h2-4,6-8H,5H2,1H3,(H,21,24)(H,22,23). The van der Waals surface area contributed by atoms with Crippen molar-refractivity contribution in [2.75, 3.05) is 0 Å². The summed E-state index contributed by atoms with van der Waals surface area (Å²) in [6.07, 6.45) is -0.0820. The number of fused-ring (bicyclic) bond motifs is 1. The van der Waals surface area contributed by atoms with E-state index in [0.717, 1.165) is 15.4 Å². The second-order valence-electron chi connectivity index (χ2n) is 5.64. The number of carbonyl (C=O) groups is 1. The van der Waals surface area contributed by atoms with Crippen LogP contribution in [-0.4, -0.2) is 16.1 Å². The van der Waals surface area contributed by atoms with E-state index in [1.54, 1.807) is 18.2 Å². The number of benzene rings is 2. The van der Waals surface area contributed by atoms with Gasteiger partial charge < -0.3 is 10.1 Å². The summed E-state index contributed by atoms with van der Waals surface area (Å²) in [4.78, 5) is 26.2. The van der Waals surface area contributed by atoms with Crippen LogP contribution in [-0.2, 0) is 11.2 Å². The molecule has 0 aliphatic carbocycles. The number of rotatable bonds is 3. The molecule has 0 aliphatic heterocycles. The molecule has 24 heavy (non-hydrogen) atoms. The molecule has 2 aromatic carbocycles. The fourth-order valence-corrected chi connectivity index (χ4v) is 3.23. The molecule has 0 radical (unpaired) electrons. The van der Waals surface area contributed by atoms with E-state index >= 15 is 0 Å². The number of pyridine rings is 1. The summed E-state index contributed by atoms with van der Waals surface area (Å²) < 4.78 is 0.741. The zero-order valence-electron chi connectivity index (χ0n) is 12.7. The maximum absolute atomic E-state index is 12.4. The Kier molecular flexibility index (Phi) is 4.47. The van der Waals surface area contributed by atoms with Gasteiger partial charge in [-0.15, -0.1) is 0 Å². The number of aryl methyl sites for hydroxylation is 1. The maximum Gasteiger partial charge on any atom is 0.307 e. The summed E-state index contributed by atoms with van der Waals surface area (Å²) in [5.74, 6) is -0.905. The molecule has 0 fully saturated rings. The minimum absolute atomic E-state index is 0.0820. The van der Waals surface area contributed by atoms with Gasteiger partial charge >= 0.3 is 5.97 Å². The average Bonchev–Trinajstić information content (AvgIpc) is 2.47. The van der Waals surface area contributed by atoms with Gasteiger partial charge in [-0.3, -0.25) is 9.59 Å².